The van der Waals surface area contributed by atoms with Crippen molar-refractivity contribution in [2.45, 2.75) is 19.9 Å². The Bertz CT molecular complexity index is 1080. The Morgan fingerprint density at radius 2 is 2.15 bits per heavy atom. The second-order valence-electron chi connectivity index (χ2n) is 6.80. The van der Waals surface area contributed by atoms with Gasteiger partial charge in [0.1, 0.15) is 5.82 Å². The van der Waals surface area contributed by atoms with Gasteiger partial charge in [0, 0.05) is 48.0 Å². The van der Waals surface area contributed by atoms with Gasteiger partial charge in [0.15, 0.2) is 0 Å². The number of H-pyrrole nitrogens is 1. The Morgan fingerprint density at radius 1 is 1.33 bits per heavy atom. The third kappa shape index (κ3) is 3.33. The molecule has 4 rings (SSSR count). The number of hydrogen-bond acceptors (Lipinski definition) is 3. The van der Waals surface area contributed by atoms with E-state index in [0.717, 1.165) is 33.3 Å². The van der Waals surface area contributed by atoms with Crippen molar-refractivity contribution >= 4 is 34.6 Å². The number of aromatic nitrogens is 2. The van der Waals surface area contributed by atoms with Gasteiger partial charge in [-0.1, -0.05) is 18.2 Å². The van der Waals surface area contributed by atoms with E-state index in [0.29, 0.717) is 18.8 Å². The SMILES string of the molecule is Cc1[nH]c2ccccc2c1CN(C)C(=O)/C=C/c1cnc2c(c1)CC(=O)N2. The summed E-state index contributed by atoms with van der Waals surface area (Å²) < 4.78 is 0. The third-order valence-electron chi connectivity index (χ3n) is 4.81. The zero-order valence-corrected chi connectivity index (χ0v) is 15.2. The summed E-state index contributed by atoms with van der Waals surface area (Å²) in [6.07, 6.45) is 5.25. The van der Waals surface area contributed by atoms with Gasteiger partial charge in [-0.05, 0) is 36.3 Å². The van der Waals surface area contributed by atoms with Crippen LogP contribution in [0.1, 0.15) is 22.4 Å². The maximum absolute atomic E-state index is 12.5. The molecular formula is C21H20N4O2. The molecule has 1 aliphatic rings. The molecule has 2 N–H and O–H groups in total. The molecule has 1 aliphatic heterocycles. The highest BCUT2D eigenvalue weighted by molar-refractivity contribution is 5.98. The number of anilines is 1. The molecule has 0 unspecified atom stereocenters. The summed E-state index contributed by atoms with van der Waals surface area (Å²) in [4.78, 5) is 33.2. The van der Waals surface area contributed by atoms with Crippen LogP contribution in [0.4, 0.5) is 5.82 Å². The van der Waals surface area contributed by atoms with Crippen molar-refractivity contribution in [3.8, 4) is 0 Å². The summed E-state index contributed by atoms with van der Waals surface area (Å²) in [5.74, 6) is 0.466. The van der Waals surface area contributed by atoms with Crippen molar-refractivity contribution in [2.75, 3.05) is 12.4 Å². The number of nitrogens with one attached hydrogen (secondary N) is 2. The van der Waals surface area contributed by atoms with Crippen molar-refractivity contribution in [2.24, 2.45) is 0 Å². The van der Waals surface area contributed by atoms with Gasteiger partial charge in [0.05, 0.1) is 6.42 Å². The van der Waals surface area contributed by atoms with Gasteiger partial charge in [0.2, 0.25) is 11.8 Å². The van der Waals surface area contributed by atoms with Crippen LogP contribution in [0, 0.1) is 6.92 Å². The number of carbonyl (C=O) groups excluding carboxylic acids is 2. The number of nitrogens with zero attached hydrogens (tertiary/aromatic N) is 2. The van der Waals surface area contributed by atoms with E-state index < -0.39 is 0 Å². The Kier molecular flexibility index (Phi) is 4.24. The van der Waals surface area contributed by atoms with E-state index in [1.54, 1.807) is 24.2 Å². The topological polar surface area (TPSA) is 78.1 Å². The van der Waals surface area contributed by atoms with Gasteiger partial charge >= 0.3 is 0 Å². The molecule has 27 heavy (non-hydrogen) atoms. The number of pyridine rings is 1. The van der Waals surface area contributed by atoms with Crippen LogP contribution >= 0.6 is 0 Å². The van der Waals surface area contributed by atoms with Crippen molar-refractivity contribution in [1.82, 2.24) is 14.9 Å². The summed E-state index contributed by atoms with van der Waals surface area (Å²) in [7, 11) is 1.79. The monoisotopic (exact) mass is 360 g/mol. The van der Waals surface area contributed by atoms with Crippen LogP contribution in [0.5, 0.6) is 0 Å². The number of hydrogen-bond donors (Lipinski definition) is 2. The van der Waals surface area contributed by atoms with E-state index >= 15 is 0 Å². The number of carbonyl (C=O) groups is 2. The third-order valence-corrected chi connectivity index (χ3v) is 4.81. The van der Waals surface area contributed by atoms with Gasteiger partial charge in [0.25, 0.3) is 0 Å². The quantitative estimate of drug-likeness (QED) is 0.702. The van der Waals surface area contributed by atoms with E-state index in [2.05, 4.69) is 21.4 Å². The highest BCUT2D eigenvalue weighted by Gasteiger charge is 2.18. The van der Waals surface area contributed by atoms with Gasteiger partial charge in [-0.2, -0.15) is 0 Å². The molecule has 1 aromatic carbocycles. The molecule has 6 heteroatoms. The largest absolute Gasteiger partial charge is 0.358 e. The van der Waals surface area contributed by atoms with Crippen molar-refractivity contribution in [1.29, 1.82) is 0 Å². The van der Waals surface area contributed by atoms with Crippen LogP contribution in [-0.2, 0) is 22.6 Å². The lowest BCUT2D eigenvalue weighted by Crippen LogP contribution is -2.24. The number of rotatable bonds is 4. The fourth-order valence-corrected chi connectivity index (χ4v) is 3.36. The van der Waals surface area contributed by atoms with Gasteiger partial charge < -0.3 is 15.2 Å². The standard InChI is InChI=1S/C21H20N4O2/c1-13-17(16-5-3-4-6-18(16)23-13)12-25(2)20(27)8-7-14-9-15-10-19(26)24-21(15)22-11-14/h3-9,11,23H,10,12H2,1-2H3,(H,22,24,26)/b8-7+. The Balaban J connectivity index is 1.48. The summed E-state index contributed by atoms with van der Waals surface area (Å²) >= 11 is 0. The van der Waals surface area contributed by atoms with Crippen molar-refractivity contribution in [3.05, 3.63) is 65.0 Å². The van der Waals surface area contributed by atoms with E-state index in [4.69, 9.17) is 0 Å². The highest BCUT2D eigenvalue weighted by atomic mass is 16.2. The van der Waals surface area contributed by atoms with Crippen LogP contribution in [-0.4, -0.2) is 33.7 Å². The Hall–Kier alpha value is -3.41. The fourth-order valence-electron chi connectivity index (χ4n) is 3.36. The number of fused-ring (bicyclic) bond motifs is 2. The van der Waals surface area contributed by atoms with Gasteiger partial charge in [-0.15, -0.1) is 0 Å². The average molecular weight is 360 g/mol. The minimum atomic E-state index is -0.0885. The lowest BCUT2D eigenvalue weighted by molar-refractivity contribution is -0.125. The molecule has 3 aromatic rings. The smallest absolute Gasteiger partial charge is 0.246 e. The number of aromatic amines is 1. The zero-order valence-electron chi connectivity index (χ0n) is 15.2. The summed E-state index contributed by atoms with van der Waals surface area (Å²) in [6, 6.07) is 9.98. The van der Waals surface area contributed by atoms with E-state index in [9.17, 15) is 9.59 Å². The summed E-state index contributed by atoms with van der Waals surface area (Å²) in [5, 5.41) is 3.84. The number of likely N-dealkylation sites (N-methyl/N-ethyl adjacent to an activating group) is 1. The predicted molar refractivity (Wildman–Crippen MR) is 105 cm³/mol. The Labute approximate surface area is 156 Å². The second kappa shape index (κ2) is 6.72. The zero-order chi connectivity index (χ0) is 19.0. The number of aryl methyl sites for hydroxylation is 1. The molecule has 6 nitrogen and oxygen atoms in total. The molecular weight excluding hydrogens is 340 g/mol. The highest BCUT2D eigenvalue weighted by Crippen LogP contribution is 2.23. The van der Waals surface area contributed by atoms with E-state index in [1.165, 1.54) is 6.08 Å². The van der Waals surface area contributed by atoms with Crippen molar-refractivity contribution < 1.29 is 9.59 Å². The first-order valence-electron chi connectivity index (χ1n) is 8.79. The lowest BCUT2D eigenvalue weighted by atomic mass is 10.1. The molecule has 0 atom stereocenters. The molecule has 3 heterocycles. The first-order chi connectivity index (χ1) is 13.0. The van der Waals surface area contributed by atoms with Crippen molar-refractivity contribution in [3.63, 3.8) is 0 Å². The number of para-hydroxylation sites is 1. The summed E-state index contributed by atoms with van der Waals surface area (Å²) in [5.41, 5.74) is 4.93. The van der Waals surface area contributed by atoms with Crippen LogP contribution in [0.15, 0.2) is 42.6 Å². The molecule has 0 aliphatic carbocycles. The van der Waals surface area contributed by atoms with Crippen LogP contribution < -0.4 is 5.32 Å². The van der Waals surface area contributed by atoms with Crippen LogP contribution in [0.3, 0.4) is 0 Å². The molecule has 0 spiro atoms. The molecule has 0 fully saturated rings. The molecule has 0 radical (unpaired) electrons. The van der Waals surface area contributed by atoms with E-state index in [1.807, 2.05) is 31.2 Å². The maximum atomic E-state index is 12.5. The molecule has 136 valence electrons. The Morgan fingerprint density at radius 3 is 3.00 bits per heavy atom. The molecule has 0 bridgehead atoms. The molecule has 0 saturated carbocycles. The van der Waals surface area contributed by atoms with Crippen LogP contribution in [0.2, 0.25) is 0 Å². The fraction of sp³-hybridized carbons (Fsp3) is 0.190. The van der Waals surface area contributed by atoms with E-state index in [-0.39, 0.29) is 11.8 Å². The minimum Gasteiger partial charge on any atom is -0.358 e. The molecule has 2 amide bonds. The normalized spacial score (nSPS) is 13.2. The minimum absolute atomic E-state index is 0.0523. The molecule has 0 saturated heterocycles. The number of benzene rings is 1. The molecule has 2 aromatic heterocycles. The summed E-state index contributed by atoms with van der Waals surface area (Å²) in [6.45, 7) is 2.55. The van der Waals surface area contributed by atoms with Crippen LogP contribution in [0.25, 0.3) is 17.0 Å². The second-order valence-corrected chi connectivity index (χ2v) is 6.80. The average Bonchev–Trinajstić information content (AvgIpc) is 3.18. The maximum Gasteiger partial charge on any atom is 0.246 e. The first kappa shape index (κ1) is 17.0. The lowest BCUT2D eigenvalue weighted by Gasteiger charge is -2.15. The van der Waals surface area contributed by atoms with Gasteiger partial charge in [-0.3, -0.25) is 9.59 Å². The number of amides is 2. The predicted octanol–water partition coefficient (Wildman–Crippen LogP) is 3.04. The van der Waals surface area contributed by atoms with Gasteiger partial charge in [-0.25, -0.2) is 4.98 Å². The first-order valence-corrected chi connectivity index (χ1v) is 8.79.